The minimum absolute atomic E-state index is 0.210. The summed E-state index contributed by atoms with van der Waals surface area (Å²) < 4.78 is 16.7. The van der Waals surface area contributed by atoms with E-state index in [1.54, 1.807) is 19.2 Å². The highest BCUT2D eigenvalue weighted by atomic mass is 16.5. The fourth-order valence-corrected chi connectivity index (χ4v) is 1.39. The van der Waals surface area contributed by atoms with E-state index in [2.05, 4.69) is 4.98 Å². The van der Waals surface area contributed by atoms with Crippen molar-refractivity contribution >= 4 is 5.69 Å². The van der Waals surface area contributed by atoms with Crippen LogP contribution in [0.3, 0.4) is 0 Å². The second-order valence-corrected chi connectivity index (χ2v) is 6.32. The molecule has 0 aliphatic carbocycles. The van der Waals surface area contributed by atoms with Gasteiger partial charge in [-0.05, 0) is 40.7 Å². The number of aromatic nitrogens is 1. The van der Waals surface area contributed by atoms with Crippen LogP contribution in [0.5, 0.6) is 11.8 Å². The van der Waals surface area contributed by atoms with Gasteiger partial charge in [0, 0.05) is 19.6 Å². The fourth-order valence-electron chi connectivity index (χ4n) is 1.39. The van der Waals surface area contributed by atoms with Gasteiger partial charge in [-0.25, -0.2) is 0 Å². The van der Waals surface area contributed by atoms with Crippen LogP contribution in [0, 0.1) is 0 Å². The van der Waals surface area contributed by atoms with E-state index in [1.807, 2.05) is 34.6 Å². The first kappa shape index (κ1) is 16.6. The average Bonchev–Trinajstić information content (AvgIpc) is 2.31. The van der Waals surface area contributed by atoms with Crippen LogP contribution in [0.1, 0.15) is 41.0 Å². The zero-order valence-corrected chi connectivity index (χ0v) is 13.3. The molecule has 5 nitrogen and oxygen atoms in total. The molecule has 2 N–H and O–H groups in total. The van der Waals surface area contributed by atoms with Crippen molar-refractivity contribution < 1.29 is 14.2 Å². The van der Waals surface area contributed by atoms with Crippen molar-refractivity contribution in [3.63, 3.8) is 0 Å². The highest BCUT2D eigenvalue weighted by molar-refractivity contribution is 5.49. The third-order valence-electron chi connectivity index (χ3n) is 2.77. The lowest BCUT2D eigenvalue weighted by molar-refractivity contribution is 0.00500. The van der Waals surface area contributed by atoms with Crippen LogP contribution in [-0.4, -0.2) is 29.9 Å². The fraction of sp³-hybridized carbons (Fsp3) is 0.667. The lowest BCUT2D eigenvalue weighted by Gasteiger charge is -2.23. The van der Waals surface area contributed by atoms with Crippen molar-refractivity contribution in [1.29, 1.82) is 0 Å². The third-order valence-corrected chi connectivity index (χ3v) is 2.77. The first-order valence-electron chi connectivity index (χ1n) is 6.76. The van der Waals surface area contributed by atoms with Gasteiger partial charge in [-0.3, -0.25) is 0 Å². The first-order chi connectivity index (χ1) is 9.13. The van der Waals surface area contributed by atoms with Gasteiger partial charge in [0.2, 0.25) is 11.8 Å². The van der Waals surface area contributed by atoms with Gasteiger partial charge < -0.3 is 19.9 Å². The molecule has 20 heavy (non-hydrogen) atoms. The molecule has 0 radical (unpaired) electrons. The standard InChI is InChI=1S/C15H26N2O3/c1-14(2,3)20-13-11(16)7-8-12(17-13)19-10-9-15(4,5)18-6/h7-8H,9-10,16H2,1-6H3. The van der Waals surface area contributed by atoms with Crippen molar-refractivity contribution in [3.8, 4) is 11.8 Å². The zero-order valence-electron chi connectivity index (χ0n) is 13.3. The molecule has 1 aromatic rings. The van der Waals surface area contributed by atoms with E-state index in [0.29, 0.717) is 24.1 Å². The van der Waals surface area contributed by atoms with E-state index in [-0.39, 0.29) is 11.2 Å². The second-order valence-electron chi connectivity index (χ2n) is 6.32. The number of nitrogens with zero attached hydrogens (tertiary/aromatic N) is 1. The molecule has 0 aliphatic rings. The summed E-state index contributed by atoms with van der Waals surface area (Å²) in [7, 11) is 1.69. The highest BCUT2D eigenvalue weighted by Crippen LogP contribution is 2.26. The van der Waals surface area contributed by atoms with Gasteiger partial charge in [0.05, 0.1) is 17.9 Å². The molecule has 0 aliphatic heterocycles. The van der Waals surface area contributed by atoms with Crippen LogP contribution >= 0.6 is 0 Å². The molecule has 0 atom stereocenters. The van der Waals surface area contributed by atoms with Crippen LogP contribution < -0.4 is 15.2 Å². The Balaban J connectivity index is 2.66. The van der Waals surface area contributed by atoms with Gasteiger partial charge in [0.15, 0.2) is 0 Å². The number of nitrogen functional groups attached to an aromatic ring is 1. The van der Waals surface area contributed by atoms with E-state index in [0.717, 1.165) is 6.42 Å². The number of pyridine rings is 1. The molecule has 0 unspecified atom stereocenters. The second kappa shape index (κ2) is 6.31. The molecule has 1 aromatic heterocycles. The average molecular weight is 282 g/mol. The van der Waals surface area contributed by atoms with Crippen molar-refractivity contribution in [2.75, 3.05) is 19.5 Å². The molecule has 0 aromatic carbocycles. The Hall–Kier alpha value is -1.49. The zero-order chi connectivity index (χ0) is 15.4. The summed E-state index contributed by atoms with van der Waals surface area (Å²) in [4.78, 5) is 4.29. The first-order valence-corrected chi connectivity index (χ1v) is 6.76. The molecular weight excluding hydrogens is 256 g/mol. The van der Waals surface area contributed by atoms with E-state index in [1.165, 1.54) is 0 Å². The molecule has 1 heterocycles. The van der Waals surface area contributed by atoms with Gasteiger partial charge in [0.1, 0.15) is 5.60 Å². The summed E-state index contributed by atoms with van der Waals surface area (Å²) in [5, 5.41) is 0. The molecule has 5 heteroatoms. The Kier molecular flexibility index (Phi) is 5.22. The van der Waals surface area contributed by atoms with Crippen LogP contribution in [0.2, 0.25) is 0 Å². The summed E-state index contributed by atoms with van der Waals surface area (Å²) in [6.45, 7) is 10.4. The topological polar surface area (TPSA) is 66.6 Å². The monoisotopic (exact) mass is 282 g/mol. The lowest BCUT2D eigenvalue weighted by Crippen LogP contribution is -2.25. The summed E-state index contributed by atoms with van der Waals surface area (Å²) in [5.41, 5.74) is 5.80. The largest absolute Gasteiger partial charge is 0.477 e. The van der Waals surface area contributed by atoms with Crippen molar-refractivity contribution in [2.45, 2.75) is 52.2 Å². The number of hydrogen-bond donors (Lipinski definition) is 1. The molecule has 0 saturated heterocycles. The van der Waals surface area contributed by atoms with Crippen LogP contribution in [-0.2, 0) is 4.74 Å². The van der Waals surface area contributed by atoms with E-state index in [9.17, 15) is 0 Å². The van der Waals surface area contributed by atoms with Crippen LogP contribution in [0.15, 0.2) is 12.1 Å². The molecule has 0 saturated carbocycles. The maximum atomic E-state index is 5.85. The molecular formula is C15H26N2O3. The smallest absolute Gasteiger partial charge is 0.241 e. The predicted octanol–water partition coefficient (Wildman–Crippen LogP) is 3.04. The van der Waals surface area contributed by atoms with Crippen molar-refractivity contribution in [3.05, 3.63) is 12.1 Å². The Morgan fingerprint density at radius 2 is 1.80 bits per heavy atom. The minimum atomic E-state index is -0.349. The van der Waals surface area contributed by atoms with Crippen LogP contribution in [0.25, 0.3) is 0 Å². The van der Waals surface area contributed by atoms with Gasteiger partial charge in [-0.15, -0.1) is 0 Å². The molecule has 0 amide bonds. The minimum Gasteiger partial charge on any atom is -0.477 e. The van der Waals surface area contributed by atoms with Gasteiger partial charge in [0.25, 0.3) is 0 Å². The maximum Gasteiger partial charge on any atom is 0.241 e. The quantitative estimate of drug-likeness (QED) is 0.868. The Bertz CT molecular complexity index is 439. The van der Waals surface area contributed by atoms with Crippen molar-refractivity contribution in [1.82, 2.24) is 4.98 Å². The predicted molar refractivity (Wildman–Crippen MR) is 80.2 cm³/mol. The molecule has 0 bridgehead atoms. The van der Waals surface area contributed by atoms with Crippen LogP contribution in [0.4, 0.5) is 5.69 Å². The molecule has 114 valence electrons. The lowest BCUT2D eigenvalue weighted by atomic mass is 10.1. The van der Waals surface area contributed by atoms with Gasteiger partial charge in [-0.2, -0.15) is 4.98 Å². The van der Waals surface area contributed by atoms with Crippen molar-refractivity contribution in [2.24, 2.45) is 0 Å². The summed E-state index contributed by atoms with van der Waals surface area (Å²) >= 11 is 0. The molecule has 0 spiro atoms. The number of methoxy groups -OCH3 is 1. The third kappa shape index (κ3) is 5.65. The Morgan fingerprint density at radius 3 is 2.35 bits per heavy atom. The SMILES string of the molecule is COC(C)(C)CCOc1ccc(N)c(OC(C)(C)C)n1. The summed E-state index contributed by atoms with van der Waals surface area (Å²) in [6, 6.07) is 3.48. The Morgan fingerprint density at radius 1 is 1.15 bits per heavy atom. The van der Waals surface area contributed by atoms with Gasteiger partial charge >= 0.3 is 0 Å². The Labute approximate surface area is 121 Å². The van der Waals surface area contributed by atoms with E-state index < -0.39 is 0 Å². The van der Waals surface area contributed by atoms with Gasteiger partial charge in [-0.1, -0.05) is 0 Å². The number of hydrogen-bond acceptors (Lipinski definition) is 5. The number of ether oxygens (including phenoxy) is 3. The normalized spacial score (nSPS) is 12.3. The highest BCUT2D eigenvalue weighted by Gasteiger charge is 2.18. The number of rotatable bonds is 6. The van der Waals surface area contributed by atoms with E-state index >= 15 is 0 Å². The molecule has 1 rings (SSSR count). The summed E-state index contributed by atoms with van der Waals surface area (Å²) in [6.07, 6.45) is 0.769. The maximum absolute atomic E-state index is 5.85. The number of nitrogens with two attached hydrogens (primary N) is 1. The molecule has 0 fully saturated rings. The number of anilines is 1. The van der Waals surface area contributed by atoms with E-state index in [4.69, 9.17) is 19.9 Å². The summed E-state index contributed by atoms with van der Waals surface area (Å²) in [5.74, 6) is 0.909.